The first-order valence-electron chi connectivity index (χ1n) is 8.21. The lowest BCUT2D eigenvalue weighted by atomic mass is 10.4. The van der Waals surface area contributed by atoms with E-state index in [2.05, 4.69) is 20.1 Å². The molecular weight excluding hydrogens is 435 g/mol. The average molecular weight is 452 g/mol. The molecule has 1 atom stereocenters. The summed E-state index contributed by atoms with van der Waals surface area (Å²) in [7, 11) is -1.24. The van der Waals surface area contributed by atoms with Gasteiger partial charge in [0.25, 0.3) is 5.91 Å². The smallest absolute Gasteiger partial charge is 0.390 e. The monoisotopic (exact) mass is 451 g/mol. The van der Waals surface area contributed by atoms with Crippen LogP contribution in [-0.4, -0.2) is 55.5 Å². The Bertz CT molecular complexity index is 905. The Morgan fingerprint density at radius 2 is 2.17 bits per heavy atom. The fourth-order valence-corrected chi connectivity index (χ4v) is 3.56. The van der Waals surface area contributed by atoms with E-state index in [0.29, 0.717) is 5.69 Å². The molecule has 0 aromatic carbocycles. The summed E-state index contributed by atoms with van der Waals surface area (Å²) in [4.78, 5) is 22.4. The number of hydrogen-bond donors (Lipinski definition) is 0. The summed E-state index contributed by atoms with van der Waals surface area (Å²) >= 11 is 6.15. The second-order valence-corrected chi connectivity index (χ2v) is 7.35. The van der Waals surface area contributed by atoms with Crippen molar-refractivity contribution in [1.29, 1.82) is 0 Å². The van der Waals surface area contributed by atoms with Crippen LogP contribution in [0.4, 0.5) is 18.9 Å². The number of alkyl halides is 3. The number of nitrogens with zero attached hydrogens (tertiary/aromatic N) is 5. The van der Waals surface area contributed by atoms with Gasteiger partial charge in [0.05, 0.1) is 35.3 Å². The van der Waals surface area contributed by atoms with Crippen LogP contribution in [0.1, 0.15) is 13.3 Å². The van der Waals surface area contributed by atoms with Crippen molar-refractivity contribution in [2.75, 3.05) is 24.3 Å². The van der Waals surface area contributed by atoms with Crippen LogP contribution in [0.15, 0.2) is 35.9 Å². The SMILES string of the molecule is CCN(C(=O)/C(=N\OC)S(=O)CCC(F)(F)F)c1cn(-c2cccnc2)nc1Cl. The van der Waals surface area contributed by atoms with E-state index in [0.717, 1.165) is 12.0 Å². The molecule has 13 heteroatoms. The topological polar surface area (TPSA) is 89.7 Å². The molecule has 0 aliphatic carbocycles. The molecule has 0 saturated heterocycles. The van der Waals surface area contributed by atoms with E-state index in [1.54, 1.807) is 25.3 Å². The highest BCUT2D eigenvalue weighted by molar-refractivity contribution is 8.02. The van der Waals surface area contributed by atoms with Crippen molar-refractivity contribution in [1.82, 2.24) is 14.8 Å². The van der Waals surface area contributed by atoms with Gasteiger partial charge in [-0.2, -0.15) is 18.3 Å². The van der Waals surface area contributed by atoms with Gasteiger partial charge >= 0.3 is 6.18 Å². The van der Waals surface area contributed by atoms with E-state index in [1.807, 2.05) is 0 Å². The van der Waals surface area contributed by atoms with Gasteiger partial charge in [-0.25, -0.2) is 4.68 Å². The molecular formula is C16H17ClF3N5O3S. The minimum atomic E-state index is -4.52. The van der Waals surface area contributed by atoms with Crippen molar-refractivity contribution >= 4 is 39.0 Å². The molecule has 2 aromatic heterocycles. The zero-order valence-corrected chi connectivity index (χ0v) is 17.0. The molecule has 2 aromatic rings. The summed E-state index contributed by atoms with van der Waals surface area (Å²) in [6.07, 6.45) is -1.31. The lowest BCUT2D eigenvalue weighted by Crippen LogP contribution is -2.39. The molecule has 2 rings (SSSR count). The minimum absolute atomic E-state index is 0.0399. The number of anilines is 1. The number of aromatic nitrogens is 3. The van der Waals surface area contributed by atoms with Crippen LogP contribution in [0.2, 0.25) is 5.15 Å². The molecule has 1 amide bonds. The number of oxime groups is 1. The van der Waals surface area contributed by atoms with Crippen molar-refractivity contribution < 1.29 is 27.0 Å². The molecule has 29 heavy (non-hydrogen) atoms. The Morgan fingerprint density at radius 1 is 1.45 bits per heavy atom. The third-order valence-electron chi connectivity index (χ3n) is 3.56. The quantitative estimate of drug-likeness (QED) is 0.382. The summed E-state index contributed by atoms with van der Waals surface area (Å²) in [5.74, 6) is -1.72. The Labute approximate surface area is 171 Å². The van der Waals surface area contributed by atoms with Crippen LogP contribution in [0.5, 0.6) is 0 Å². The summed E-state index contributed by atoms with van der Waals surface area (Å²) < 4.78 is 51.0. The highest BCUT2D eigenvalue weighted by atomic mass is 35.5. The number of pyridine rings is 1. The van der Waals surface area contributed by atoms with Crippen molar-refractivity contribution in [2.45, 2.75) is 19.5 Å². The molecule has 0 N–H and O–H groups in total. The zero-order chi connectivity index (χ0) is 21.6. The average Bonchev–Trinajstić information content (AvgIpc) is 3.06. The maximum absolute atomic E-state index is 12.9. The van der Waals surface area contributed by atoms with E-state index in [1.165, 1.54) is 17.1 Å². The van der Waals surface area contributed by atoms with E-state index >= 15 is 0 Å². The Balaban J connectivity index is 2.32. The maximum Gasteiger partial charge on any atom is 0.390 e. The number of halogens is 4. The van der Waals surface area contributed by atoms with E-state index in [9.17, 15) is 22.2 Å². The number of carbonyl (C=O) groups is 1. The molecule has 158 valence electrons. The first-order valence-corrected chi connectivity index (χ1v) is 9.91. The van der Waals surface area contributed by atoms with Gasteiger partial charge in [-0.05, 0) is 19.1 Å². The van der Waals surface area contributed by atoms with Gasteiger partial charge in [0.1, 0.15) is 12.8 Å². The molecule has 0 radical (unpaired) electrons. The van der Waals surface area contributed by atoms with E-state index < -0.39 is 40.1 Å². The Morgan fingerprint density at radius 3 is 2.72 bits per heavy atom. The first-order chi connectivity index (χ1) is 13.7. The molecule has 0 fully saturated rings. The lowest BCUT2D eigenvalue weighted by molar-refractivity contribution is -0.129. The predicted octanol–water partition coefficient (Wildman–Crippen LogP) is 2.93. The van der Waals surface area contributed by atoms with E-state index in [4.69, 9.17) is 11.6 Å². The largest absolute Gasteiger partial charge is 0.398 e. The van der Waals surface area contributed by atoms with Gasteiger partial charge in [-0.1, -0.05) is 16.8 Å². The van der Waals surface area contributed by atoms with E-state index in [-0.39, 0.29) is 17.4 Å². The standard InChI is InChI=1S/C16H17ClF3N5O3S/c1-3-24(12-10-25(22-13(12)17)11-5-4-7-21-9-11)15(26)14(23-28-2)29(27)8-6-16(18,19)20/h4-5,7,9-10H,3,6,8H2,1-2H3/b23-14+. The fraction of sp³-hybridized carbons (Fsp3) is 0.375. The molecule has 2 heterocycles. The van der Waals surface area contributed by atoms with Crippen molar-refractivity contribution in [3.05, 3.63) is 35.9 Å². The molecule has 8 nitrogen and oxygen atoms in total. The molecule has 1 unspecified atom stereocenters. The van der Waals surface area contributed by atoms with Crippen LogP contribution in [0.25, 0.3) is 5.69 Å². The van der Waals surface area contributed by atoms with Gasteiger partial charge in [0.2, 0.25) is 5.04 Å². The number of carbonyl (C=O) groups excluding carboxylic acids is 1. The van der Waals surface area contributed by atoms with Crippen molar-refractivity contribution in [3.8, 4) is 5.69 Å². The Kier molecular flexibility index (Phi) is 7.73. The summed E-state index contributed by atoms with van der Waals surface area (Å²) in [6, 6.07) is 3.39. The number of amides is 1. The summed E-state index contributed by atoms with van der Waals surface area (Å²) in [5.41, 5.74) is 0.739. The van der Waals surface area contributed by atoms with Crippen LogP contribution in [0, 0.1) is 0 Å². The molecule has 0 aliphatic heterocycles. The zero-order valence-electron chi connectivity index (χ0n) is 15.4. The summed E-state index contributed by atoms with van der Waals surface area (Å²) in [5, 5.41) is 6.81. The maximum atomic E-state index is 12.9. The summed E-state index contributed by atoms with van der Waals surface area (Å²) in [6.45, 7) is 1.68. The number of rotatable bonds is 6. The lowest BCUT2D eigenvalue weighted by Gasteiger charge is -2.19. The van der Waals surface area contributed by atoms with Gasteiger partial charge < -0.3 is 9.74 Å². The van der Waals surface area contributed by atoms with Crippen LogP contribution < -0.4 is 4.90 Å². The van der Waals surface area contributed by atoms with Gasteiger partial charge in [0, 0.05) is 18.5 Å². The van der Waals surface area contributed by atoms with Crippen LogP contribution in [-0.2, 0) is 20.4 Å². The second kappa shape index (κ2) is 9.83. The Hall–Kier alpha value is -2.47. The molecule has 0 spiro atoms. The second-order valence-electron chi connectivity index (χ2n) is 5.50. The normalized spacial score (nSPS) is 13.2. The fourth-order valence-electron chi connectivity index (χ4n) is 2.25. The van der Waals surface area contributed by atoms with Crippen LogP contribution >= 0.6 is 11.6 Å². The molecule has 0 bridgehead atoms. The minimum Gasteiger partial charge on any atom is -0.398 e. The molecule has 0 aliphatic rings. The van der Waals surface area contributed by atoms with Gasteiger partial charge in [0.15, 0.2) is 5.15 Å². The first kappa shape index (κ1) is 22.8. The van der Waals surface area contributed by atoms with Crippen molar-refractivity contribution in [2.24, 2.45) is 5.16 Å². The third-order valence-corrected chi connectivity index (χ3v) is 5.08. The van der Waals surface area contributed by atoms with Gasteiger partial charge in [-0.3, -0.25) is 14.0 Å². The van der Waals surface area contributed by atoms with Gasteiger partial charge in [-0.15, -0.1) is 0 Å². The highest BCUT2D eigenvalue weighted by Crippen LogP contribution is 2.27. The van der Waals surface area contributed by atoms with Crippen molar-refractivity contribution in [3.63, 3.8) is 0 Å². The molecule has 0 saturated carbocycles. The third kappa shape index (κ3) is 6.00. The predicted molar refractivity (Wildman–Crippen MR) is 103 cm³/mol. The number of hydrogen-bond acceptors (Lipinski definition) is 6. The highest BCUT2D eigenvalue weighted by Gasteiger charge is 2.33. The van der Waals surface area contributed by atoms with Crippen LogP contribution in [0.3, 0.4) is 0 Å².